The van der Waals surface area contributed by atoms with Gasteiger partial charge in [0.1, 0.15) is 5.67 Å². The highest BCUT2D eigenvalue weighted by Crippen LogP contribution is 2.19. The summed E-state index contributed by atoms with van der Waals surface area (Å²) in [4.78, 5) is 0. The second-order valence-electron chi connectivity index (χ2n) is 4.05. The predicted octanol–water partition coefficient (Wildman–Crippen LogP) is 2.27. The van der Waals surface area contributed by atoms with Gasteiger partial charge in [-0.15, -0.1) is 0 Å². The summed E-state index contributed by atoms with van der Waals surface area (Å²) in [6.07, 6.45) is 4.54. The van der Waals surface area contributed by atoms with Gasteiger partial charge in [-0.1, -0.05) is 6.42 Å². The number of hydrogen-bond acceptors (Lipinski definition) is 1. The second-order valence-corrected chi connectivity index (χ2v) is 4.05. The molecule has 0 amide bonds. The van der Waals surface area contributed by atoms with Crippen LogP contribution in [0.15, 0.2) is 0 Å². The summed E-state index contributed by atoms with van der Waals surface area (Å²) in [5.41, 5.74) is -1.00. The fraction of sp³-hybridized carbons (Fsp3) is 1.00. The average Bonchev–Trinajstić information content (AvgIpc) is 1.73. The molecule has 0 atom stereocenters. The Balaban J connectivity index is 1.95. The van der Waals surface area contributed by atoms with Gasteiger partial charge in [-0.05, 0) is 39.7 Å². The molecule has 1 saturated carbocycles. The van der Waals surface area contributed by atoms with Crippen LogP contribution in [0.25, 0.3) is 0 Å². The normalized spacial score (nSPS) is 19.9. The third-order valence-corrected chi connectivity index (χ3v) is 2.26. The molecule has 0 saturated heterocycles. The van der Waals surface area contributed by atoms with Crippen LogP contribution in [-0.4, -0.2) is 18.3 Å². The predicted molar refractivity (Wildman–Crippen MR) is 45.4 cm³/mol. The van der Waals surface area contributed by atoms with Gasteiger partial charge in [0.25, 0.3) is 0 Å². The molecule has 1 N–H and O–H groups in total. The van der Waals surface area contributed by atoms with Gasteiger partial charge in [0.05, 0.1) is 0 Å². The zero-order valence-corrected chi connectivity index (χ0v) is 7.49. The molecule has 66 valence electrons. The lowest BCUT2D eigenvalue weighted by Gasteiger charge is -2.27. The molecule has 1 aliphatic carbocycles. The summed E-state index contributed by atoms with van der Waals surface area (Å²) in [5.74, 6) is 0. The van der Waals surface area contributed by atoms with Crippen LogP contribution >= 0.6 is 0 Å². The molecule has 0 aromatic heterocycles. The highest BCUT2D eigenvalue weighted by atomic mass is 19.1. The maximum Gasteiger partial charge on any atom is 0.106 e. The fourth-order valence-corrected chi connectivity index (χ4v) is 1.19. The van der Waals surface area contributed by atoms with Crippen LogP contribution < -0.4 is 5.32 Å². The van der Waals surface area contributed by atoms with Crippen LogP contribution in [0.5, 0.6) is 0 Å². The smallest absolute Gasteiger partial charge is 0.106 e. The van der Waals surface area contributed by atoms with Crippen LogP contribution in [0.1, 0.15) is 39.5 Å². The molecule has 0 radical (unpaired) electrons. The minimum absolute atomic E-state index is 0.628. The molecule has 0 unspecified atom stereocenters. The van der Waals surface area contributed by atoms with Crippen molar-refractivity contribution in [3.05, 3.63) is 0 Å². The minimum Gasteiger partial charge on any atom is -0.314 e. The van der Waals surface area contributed by atoms with Crippen molar-refractivity contribution >= 4 is 0 Å². The zero-order valence-electron chi connectivity index (χ0n) is 7.49. The lowest BCUT2D eigenvalue weighted by molar-refractivity contribution is 0.193. The summed E-state index contributed by atoms with van der Waals surface area (Å²) < 4.78 is 12.9. The summed E-state index contributed by atoms with van der Waals surface area (Å²) >= 11 is 0. The Morgan fingerprint density at radius 1 is 1.45 bits per heavy atom. The highest BCUT2D eigenvalue weighted by molar-refractivity contribution is 4.77. The molecule has 11 heavy (non-hydrogen) atoms. The van der Waals surface area contributed by atoms with Crippen molar-refractivity contribution in [2.45, 2.75) is 51.2 Å². The van der Waals surface area contributed by atoms with Crippen molar-refractivity contribution in [3.8, 4) is 0 Å². The highest BCUT2D eigenvalue weighted by Gasteiger charge is 2.19. The SMILES string of the molecule is CC(C)(F)CCNC1CCC1. The van der Waals surface area contributed by atoms with E-state index in [1.807, 2.05) is 0 Å². The lowest BCUT2D eigenvalue weighted by Crippen LogP contribution is -2.37. The van der Waals surface area contributed by atoms with Crippen LogP contribution in [0, 0.1) is 0 Å². The number of rotatable bonds is 4. The third-order valence-electron chi connectivity index (χ3n) is 2.26. The Hall–Kier alpha value is -0.110. The second kappa shape index (κ2) is 3.53. The standard InChI is InChI=1S/C9H18FN/c1-9(2,10)6-7-11-8-4-3-5-8/h8,11H,3-7H2,1-2H3. The van der Waals surface area contributed by atoms with E-state index in [0.717, 1.165) is 6.54 Å². The van der Waals surface area contributed by atoms with E-state index in [4.69, 9.17) is 0 Å². The molecular formula is C9H18FN. The zero-order chi connectivity index (χ0) is 8.32. The first-order valence-electron chi connectivity index (χ1n) is 4.50. The van der Waals surface area contributed by atoms with Crippen molar-refractivity contribution in [2.75, 3.05) is 6.54 Å². The molecule has 1 aliphatic rings. The van der Waals surface area contributed by atoms with Gasteiger partial charge < -0.3 is 5.32 Å². The van der Waals surface area contributed by atoms with Crippen molar-refractivity contribution in [1.82, 2.24) is 5.32 Å². The van der Waals surface area contributed by atoms with Crippen LogP contribution in [-0.2, 0) is 0 Å². The van der Waals surface area contributed by atoms with E-state index in [2.05, 4.69) is 5.32 Å². The molecule has 0 aromatic rings. The van der Waals surface area contributed by atoms with Crippen LogP contribution in [0.4, 0.5) is 4.39 Å². The van der Waals surface area contributed by atoms with E-state index in [1.54, 1.807) is 13.8 Å². The van der Waals surface area contributed by atoms with E-state index in [9.17, 15) is 4.39 Å². The molecule has 0 aliphatic heterocycles. The average molecular weight is 159 g/mol. The van der Waals surface area contributed by atoms with Gasteiger partial charge in [0.15, 0.2) is 0 Å². The topological polar surface area (TPSA) is 12.0 Å². The molecule has 1 rings (SSSR count). The first-order valence-corrected chi connectivity index (χ1v) is 4.50. The molecule has 2 heteroatoms. The van der Waals surface area contributed by atoms with Gasteiger partial charge in [-0.2, -0.15) is 0 Å². The van der Waals surface area contributed by atoms with E-state index in [-0.39, 0.29) is 0 Å². The molecule has 0 heterocycles. The number of nitrogens with one attached hydrogen (secondary N) is 1. The maximum absolute atomic E-state index is 12.9. The molecule has 1 nitrogen and oxygen atoms in total. The summed E-state index contributed by atoms with van der Waals surface area (Å²) in [6, 6.07) is 0.692. The molecule has 0 bridgehead atoms. The van der Waals surface area contributed by atoms with Crippen molar-refractivity contribution in [1.29, 1.82) is 0 Å². The quantitative estimate of drug-likeness (QED) is 0.663. The van der Waals surface area contributed by atoms with Gasteiger partial charge in [-0.25, -0.2) is 4.39 Å². The number of hydrogen-bond donors (Lipinski definition) is 1. The van der Waals surface area contributed by atoms with Gasteiger partial charge >= 0.3 is 0 Å². The van der Waals surface area contributed by atoms with Gasteiger partial charge in [-0.3, -0.25) is 0 Å². The van der Waals surface area contributed by atoms with Gasteiger partial charge in [0.2, 0.25) is 0 Å². The molecule has 1 fully saturated rings. The first-order chi connectivity index (χ1) is 5.08. The number of halogens is 1. The van der Waals surface area contributed by atoms with E-state index < -0.39 is 5.67 Å². The van der Waals surface area contributed by atoms with E-state index >= 15 is 0 Å². The molecular weight excluding hydrogens is 141 g/mol. The maximum atomic E-state index is 12.9. The first kappa shape index (κ1) is 8.98. The Labute approximate surface area is 68.4 Å². The van der Waals surface area contributed by atoms with Gasteiger partial charge in [0, 0.05) is 6.04 Å². The van der Waals surface area contributed by atoms with Crippen LogP contribution in [0.2, 0.25) is 0 Å². The monoisotopic (exact) mass is 159 g/mol. The fourth-order valence-electron chi connectivity index (χ4n) is 1.19. The van der Waals surface area contributed by atoms with Crippen molar-refractivity contribution in [2.24, 2.45) is 0 Å². The van der Waals surface area contributed by atoms with Crippen molar-refractivity contribution < 1.29 is 4.39 Å². The Bertz CT molecular complexity index is 113. The molecule has 0 spiro atoms. The van der Waals surface area contributed by atoms with Crippen LogP contribution in [0.3, 0.4) is 0 Å². The minimum atomic E-state index is -1.00. The molecule has 0 aromatic carbocycles. The van der Waals surface area contributed by atoms with E-state index in [1.165, 1.54) is 19.3 Å². The third kappa shape index (κ3) is 3.71. The Morgan fingerprint density at radius 3 is 2.45 bits per heavy atom. The largest absolute Gasteiger partial charge is 0.314 e. The summed E-state index contributed by atoms with van der Waals surface area (Å²) in [6.45, 7) is 4.10. The Morgan fingerprint density at radius 2 is 2.09 bits per heavy atom. The Kier molecular flexibility index (Phi) is 2.88. The van der Waals surface area contributed by atoms with E-state index in [0.29, 0.717) is 12.5 Å². The summed E-state index contributed by atoms with van der Waals surface area (Å²) in [5, 5.41) is 3.34. The summed E-state index contributed by atoms with van der Waals surface area (Å²) in [7, 11) is 0. The van der Waals surface area contributed by atoms with Crippen molar-refractivity contribution in [3.63, 3.8) is 0 Å². The lowest BCUT2D eigenvalue weighted by atomic mass is 9.93. The number of alkyl halides is 1.